The molecule has 1 unspecified atom stereocenters. The quantitative estimate of drug-likeness (QED) is 0.911. The number of morpholine rings is 1. The van der Waals surface area contributed by atoms with Gasteiger partial charge in [-0.15, -0.1) is 0 Å². The number of hydrogen-bond donors (Lipinski definition) is 1. The molecule has 1 atom stereocenters. The van der Waals surface area contributed by atoms with Crippen molar-refractivity contribution in [1.82, 2.24) is 14.9 Å². The van der Waals surface area contributed by atoms with E-state index in [9.17, 15) is 4.79 Å². The Labute approximate surface area is 154 Å². The van der Waals surface area contributed by atoms with E-state index in [0.717, 1.165) is 28.6 Å². The first kappa shape index (κ1) is 18.3. The van der Waals surface area contributed by atoms with Gasteiger partial charge in [0.1, 0.15) is 11.9 Å². The minimum atomic E-state index is -0.211. The van der Waals surface area contributed by atoms with Crippen molar-refractivity contribution in [2.45, 2.75) is 33.8 Å². The average molecular weight is 354 g/mol. The van der Waals surface area contributed by atoms with Gasteiger partial charge in [0.25, 0.3) is 0 Å². The van der Waals surface area contributed by atoms with Gasteiger partial charge in [-0.2, -0.15) is 0 Å². The van der Waals surface area contributed by atoms with Crippen LogP contribution in [0.15, 0.2) is 30.3 Å². The lowest BCUT2D eigenvalue weighted by atomic mass is 10.1. The van der Waals surface area contributed by atoms with Crippen LogP contribution in [0.25, 0.3) is 0 Å². The van der Waals surface area contributed by atoms with E-state index >= 15 is 0 Å². The Morgan fingerprint density at radius 3 is 2.77 bits per heavy atom. The van der Waals surface area contributed by atoms with Crippen molar-refractivity contribution in [2.75, 3.05) is 25.0 Å². The molecule has 2 aromatic rings. The number of aromatic nitrogens is 2. The number of ether oxygens (including phenoxy) is 1. The molecule has 3 rings (SSSR count). The highest BCUT2D eigenvalue weighted by molar-refractivity contribution is 5.78. The van der Waals surface area contributed by atoms with E-state index in [2.05, 4.69) is 15.3 Å². The van der Waals surface area contributed by atoms with Crippen LogP contribution in [-0.2, 0) is 9.53 Å². The predicted molar refractivity (Wildman–Crippen MR) is 101 cm³/mol. The van der Waals surface area contributed by atoms with Crippen molar-refractivity contribution in [2.24, 2.45) is 5.92 Å². The van der Waals surface area contributed by atoms with Crippen molar-refractivity contribution >= 4 is 17.4 Å². The van der Waals surface area contributed by atoms with Gasteiger partial charge in [-0.1, -0.05) is 19.9 Å². The molecule has 1 fully saturated rings. The van der Waals surface area contributed by atoms with E-state index in [-0.39, 0.29) is 17.9 Å². The third-order valence-corrected chi connectivity index (χ3v) is 4.34. The summed E-state index contributed by atoms with van der Waals surface area (Å²) in [7, 11) is 0. The molecule has 0 bridgehead atoms. The Balaban J connectivity index is 1.79. The molecule has 0 saturated carbocycles. The van der Waals surface area contributed by atoms with E-state index in [0.29, 0.717) is 19.7 Å². The third-order valence-electron chi connectivity index (χ3n) is 4.34. The highest BCUT2D eigenvalue weighted by atomic mass is 16.5. The zero-order valence-electron chi connectivity index (χ0n) is 15.8. The molecule has 1 aliphatic rings. The van der Waals surface area contributed by atoms with Gasteiger partial charge in [-0.3, -0.25) is 9.78 Å². The molecule has 138 valence electrons. The Hall–Kier alpha value is -2.47. The fourth-order valence-electron chi connectivity index (χ4n) is 3.09. The number of hydrogen-bond acceptors (Lipinski definition) is 5. The fraction of sp³-hybridized carbons (Fsp3) is 0.450. The number of anilines is 2. The molecule has 3 heterocycles. The van der Waals surface area contributed by atoms with Crippen molar-refractivity contribution in [3.8, 4) is 0 Å². The molecule has 0 radical (unpaired) electrons. The third kappa shape index (κ3) is 4.38. The maximum atomic E-state index is 12.3. The summed E-state index contributed by atoms with van der Waals surface area (Å²) in [5.74, 6) is 0.944. The molecule has 6 heteroatoms. The largest absolute Gasteiger partial charge is 0.368 e. The summed E-state index contributed by atoms with van der Waals surface area (Å²) in [6.07, 6.45) is -0.211. The summed E-state index contributed by atoms with van der Waals surface area (Å²) < 4.78 is 5.90. The number of nitrogens with one attached hydrogen (secondary N) is 1. The average Bonchev–Trinajstić information content (AvgIpc) is 2.60. The van der Waals surface area contributed by atoms with Gasteiger partial charge in [-0.05, 0) is 38.1 Å². The summed E-state index contributed by atoms with van der Waals surface area (Å²) in [5, 5.41) is 3.33. The summed E-state index contributed by atoms with van der Waals surface area (Å²) in [6.45, 7) is 9.47. The highest BCUT2D eigenvalue weighted by Crippen LogP contribution is 2.26. The molecule has 1 amide bonds. The van der Waals surface area contributed by atoms with Gasteiger partial charge < -0.3 is 15.0 Å². The summed E-state index contributed by atoms with van der Waals surface area (Å²) in [5.41, 5.74) is 3.61. The molecule has 26 heavy (non-hydrogen) atoms. The molecule has 0 aromatic carbocycles. The van der Waals surface area contributed by atoms with Crippen molar-refractivity contribution < 1.29 is 9.53 Å². The molecule has 0 aliphatic carbocycles. The van der Waals surface area contributed by atoms with Crippen LogP contribution in [0.1, 0.15) is 37.0 Å². The second kappa shape index (κ2) is 7.83. The van der Waals surface area contributed by atoms with Crippen LogP contribution in [0.4, 0.5) is 11.5 Å². The van der Waals surface area contributed by atoms with Crippen LogP contribution in [-0.4, -0.2) is 40.5 Å². The molecule has 1 saturated heterocycles. The normalized spacial score (nSPS) is 17.4. The van der Waals surface area contributed by atoms with E-state index in [1.807, 2.05) is 62.9 Å². The number of pyridine rings is 2. The second-order valence-corrected chi connectivity index (χ2v) is 7.01. The minimum absolute atomic E-state index is 0.0103. The van der Waals surface area contributed by atoms with E-state index in [1.54, 1.807) is 0 Å². The zero-order valence-corrected chi connectivity index (χ0v) is 15.8. The van der Waals surface area contributed by atoms with Crippen LogP contribution < -0.4 is 5.32 Å². The molecule has 1 aliphatic heterocycles. The minimum Gasteiger partial charge on any atom is -0.368 e. The van der Waals surface area contributed by atoms with Crippen LogP contribution in [0.5, 0.6) is 0 Å². The van der Waals surface area contributed by atoms with Gasteiger partial charge in [0.05, 0.1) is 18.8 Å². The smallest absolute Gasteiger partial charge is 0.225 e. The van der Waals surface area contributed by atoms with E-state index < -0.39 is 0 Å². The van der Waals surface area contributed by atoms with E-state index in [4.69, 9.17) is 4.74 Å². The fourth-order valence-corrected chi connectivity index (χ4v) is 3.09. The van der Waals surface area contributed by atoms with Gasteiger partial charge in [0, 0.05) is 29.5 Å². The van der Waals surface area contributed by atoms with Crippen LogP contribution in [0, 0.1) is 19.8 Å². The maximum absolute atomic E-state index is 12.3. The standard InChI is InChI=1S/C20H26N4O2/c1-13(2)20(25)24-8-9-26-18(12-24)17-11-16(10-15(4)21-17)23-19-7-5-6-14(3)22-19/h5-7,10-11,13,18H,8-9,12H2,1-4H3,(H,21,22,23). The topological polar surface area (TPSA) is 67.4 Å². The molecular weight excluding hydrogens is 328 g/mol. The number of carbonyl (C=O) groups excluding carboxylic acids is 1. The molecular formula is C20H26N4O2. The van der Waals surface area contributed by atoms with Gasteiger partial charge in [-0.25, -0.2) is 4.98 Å². The SMILES string of the molecule is Cc1cccc(Nc2cc(C)nc(C3CN(C(=O)C(C)C)CCO3)c2)n1. The maximum Gasteiger partial charge on any atom is 0.225 e. The summed E-state index contributed by atoms with van der Waals surface area (Å²) in [6, 6.07) is 9.82. The van der Waals surface area contributed by atoms with Crippen LogP contribution in [0.2, 0.25) is 0 Å². The predicted octanol–water partition coefficient (Wildman–Crippen LogP) is 3.39. The highest BCUT2D eigenvalue weighted by Gasteiger charge is 2.27. The Bertz CT molecular complexity index is 791. The number of aryl methyl sites for hydroxylation is 2. The first-order valence-electron chi connectivity index (χ1n) is 9.02. The van der Waals surface area contributed by atoms with Crippen molar-refractivity contribution in [3.05, 3.63) is 47.4 Å². The summed E-state index contributed by atoms with van der Waals surface area (Å²) in [4.78, 5) is 23.3. The molecule has 6 nitrogen and oxygen atoms in total. The number of carbonyl (C=O) groups is 1. The number of amides is 1. The monoisotopic (exact) mass is 354 g/mol. The van der Waals surface area contributed by atoms with Crippen LogP contribution >= 0.6 is 0 Å². The van der Waals surface area contributed by atoms with Crippen molar-refractivity contribution in [1.29, 1.82) is 0 Å². The Morgan fingerprint density at radius 2 is 2.04 bits per heavy atom. The van der Waals surface area contributed by atoms with Crippen molar-refractivity contribution in [3.63, 3.8) is 0 Å². The first-order valence-corrected chi connectivity index (χ1v) is 9.02. The molecule has 0 spiro atoms. The Morgan fingerprint density at radius 1 is 1.23 bits per heavy atom. The van der Waals surface area contributed by atoms with Crippen LogP contribution in [0.3, 0.4) is 0 Å². The lowest BCUT2D eigenvalue weighted by Gasteiger charge is -2.34. The second-order valence-electron chi connectivity index (χ2n) is 7.01. The molecule has 2 aromatic heterocycles. The van der Waals surface area contributed by atoms with Gasteiger partial charge in [0.15, 0.2) is 0 Å². The zero-order chi connectivity index (χ0) is 18.7. The summed E-state index contributed by atoms with van der Waals surface area (Å²) >= 11 is 0. The van der Waals surface area contributed by atoms with E-state index in [1.165, 1.54) is 0 Å². The lowest BCUT2D eigenvalue weighted by molar-refractivity contribution is -0.142. The van der Waals surface area contributed by atoms with Gasteiger partial charge >= 0.3 is 0 Å². The molecule has 1 N–H and O–H groups in total. The van der Waals surface area contributed by atoms with Gasteiger partial charge in [0.2, 0.25) is 5.91 Å². The number of nitrogens with zero attached hydrogens (tertiary/aromatic N) is 3. The number of rotatable bonds is 4. The first-order chi connectivity index (χ1) is 12.4. The Kier molecular flexibility index (Phi) is 5.52. The lowest BCUT2D eigenvalue weighted by Crippen LogP contribution is -2.44.